The molecule has 9 aromatic carbocycles. The van der Waals surface area contributed by atoms with E-state index in [1.165, 1.54) is 138 Å². The second-order valence-electron chi connectivity index (χ2n) is 17.8. The molecule has 0 fully saturated rings. The van der Waals surface area contributed by atoms with E-state index in [2.05, 4.69) is 205 Å². The molecule has 0 N–H and O–H groups in total. The van der Waals surface area contributed by atoms with E-state index < -0.39 is 5.41 Å². The fourth-order valence-electron chi connectivity index (χ4n) is 12.4. The van der Waals surface area contributed by atoms with Crippen molar-refractivity contribution in [2.24, 2.45) is 0 Å². The van der Waals surface area contributed by atoms with Crippen LogP contribution >= 0.6 is 0 Å². The zero-order chi connectivity index (χ0) is 40.6. The molecule has 0 nitrogen and oxygen atoms in total. The molecular weight excluding hydrogens is 719 g/mol. The van der Waals surface area contributed by atoms with Gasteiger partial charge >= 0.3 is 0 Å². The van der Waals surface area contributed by atoms with Crippen molar-refractivity contribution in [3.8, 4) is 55.6 Å². The van der Waals surface area contributed by atoms with Crippen LogP contribution < -0.4 is 16.4 Å². The average molecular weight is 765 g/mol. The molecule has 0 radical (unpaired) electrons. The molecule has 0 unspecified atom stereocenters. The maximum absolute atomic E-state index is 2.61. The Balaban J connectivity index is 1.21. The Morgan fingerprint density at radius 2 is 0.750 bits per heavy atom. The lowest BCUT2D eigenvalue weighted by atomic mass is 9.33. The van der Waals surface area contributed by atoms with Crippen LogP contribution in [0.25, 0.3) is 66.4 Å². The van der Waals surface area contributed by atoms with Crippen molar-refractivity contribution in [2.45, 2.75) is 47.0 Å². The minimum atomic E-state index is -0.439. The highest BCUT2D eigenvalue weighted by Crippen LogP contribution is 2.67. The molecule has 0 aromatic heterocycles. The van der Waals surface area contributed by atoms with Gasteiger partial charge in [-0.15, -0.1) is 0 Å². The summed E-state index contributed by atoms with van der Waals surface area (Å²) >= 11 is 0. The molecule has 0 heterocycles. The summed E-state index contributed by atoms with van der Waals surface area (Å²) in [5, 5.41) is 2.66. The third kappa shape index (κ3) is 4.48. The van der Waals surface area contributed by atoms with E-state index >= 15 is 0 Å². The highest BCUT2D eigenvalue weighted by molar-refractivity contribution is 6.97. The van der Waals surface area contributed by atoms with Crippen LogP contribution in [0.3, 0.4) is 0 Å². The van der Waals surface area contributed by atoms with E-state index in [4.69, 9.17) is 0 Å². The molecule has 284 valence electrons. The molecule has 0 amide bonds. The van der Waals surface area contributed by atoms with Crippen LogP contribution in [-0.2, 0) is 5.41 Å². The molecular formula is C59H45B. The van der Waals surface area contributed by atoms with E-state index in [9.17, 15) is 0 Å². The van der Waals surface area contributed by atoms with Gasteiger partial charge < -0.3 is 0 Å². The number of hydrogen-bond donors (Lipinski definition) is 0. The minimum absolute atomic E-state index is 0.113. The minimum Gasteiger partial charge on any atom is -0.0629 e. The lowest BCUT2D eigenvalue weighted by Gasteiger charge is -2.31. The van der Waals surface area contributed by atoms with Gasteiger partial charge in [-0.2, -0.15) is 0 Å². The zero-order valence-electron chi connectivity index (χ0n) is 35.2. The molecule has 60 heavy (non-hydrogen) atoms. The third-order valence-corrected chi connectivity index (χ3v) is 14.6. The van der Waals surface area contributed by atoms with E-state index in [1.54, 1.807) is 0 Å². The van der Waals surface area contributed by atoms with Gasteiger partial charge in [0.05, 0.1) is 5.41 Å². The summed E-state index contributed by atoms with van der Waals surface area (Å²) in [7, 11) is 0. The van der Waals surface area contributed by atoms with Gasteiger partial charge in [-0.1, -0.05) is 207 Å². The van der Waals surface area contributed by atoms with Crippen LogP contribution in [0.5, 0.6) is 0 Å². The third-order valence-electron chi connectivity index (χ3n) is 14.6. The molecule has 0 saturated heterocycles. The number of fused-ring (bicyclic) bond motifs is 13. The summed E-state index contributed by atoms with van der Waals surface area (Å²) in [5.41, 5.74) is 30.8. The van der Waals surface area contributed by atoms with Gasteiger partial charge in [-0.05, 0) is 136 Å². The molecule has 3 aliphatic carbocycles. The highest BCUT2D eigenvalue weighted by atomic mass is 14.5. The molecule has 9 aromatic rings. The first-order valence-corrected chi connectivity index (χ1v) is 21.6. The normalized spacial score (nSPS) is 13.3. The Morgan fingerprint density at radius 3 is 1.30 bits per heavy atom. The van der Waals surface area contributed by atoms with Crippen LogP contribution in [-0.4, -0.2) is 6.71 Å². The summed E-state index contributed by atoms with van der Waals surface area (Å²) in [6, 6.07) is 62.8. The first-order chi connectivity index (χ1) is 29.3. The Kier molecular flexibility index (Phi) is 7.44. The van der Waals surface area contributed by atoms with Gasteiger partial charge in [0.1, 0.15) is 0 Å². The molecule has 0 saturated carbocycles. The van der Waals surface area contributed by atoms with E-state index in [1.807, 2.05) is 0 Å². The van der Waals surface area contributed by atoms with E-state index in [-0.39, 0.29) is 6.71 Å². The lowest BCUT2D eigenvalue weighted by Crippen LogP contribution is -2.57. The molecule has 0 atom stereocenters. The van der Waals surface area contributed by atoms with Crippen LogP contribution in [0.1, 0.15) is 55.6 Å². The first kappa shape index (κ1) is 35.3. The van der Waals surface area contributed by atoms with Gasteiger partial charge in [0.15, 0.2) is 0 Å². The van der Waals surface area contributed by atoms with Crippen molar-refractivity contribution < 1.29 is 0 Å². The SMILES string of the molecule is Cc1cccc(C)c1B(c1c(C)cccc1C)c1c(C)cc(-c2c3c(cc4c2-c2ccccc2C42c4ccccc4-c4ccccc42)-c2cccc4cccc-3c24)cc1C. The quantitative estimate of drug-likeness (QED) is 0.157. The fourth-order valence-corrected chi connectivity index (χ4v) is 12.4. The first-order valence-electron chi connectivity index (χ1n) is 21.6. The summed E-state index contributed by atoms with van der Waals surface area (Å²) in [6.07, 6.45) is 0. The highest BCUT2D eigenvalue weighted by Gasteiger charge is 2.53. The second-order valence-corrected chi connectivity index (χ2v) is 17.8. The van der Waals surface area contributed by atoms with Crippen LogP contribution in [0.15, 0.2) is 164 Å². The number of benzene rings is 9. The molecule has 1 spiro atoms. The van der Waals surface area contributed by atoms with Crippen LogP contribution in [0.2, 0.25) is 0 Å². The predicted octanol–water partition coefficient (Wildman–Crippen LogP) is 12.9. The average Bonchev–Trinajstić information content (AvgIpc) is 3.85. The monoisotopic (exact) mass is 764 g/mol. The van der Waals surface area contributed by atoms with Crippen molar-refractivity contribution in [3.05, 3.63) is 219 Å². The largest absolute Gasteiger partial charge is 0.243 e. The summed E-state index contributed by atoms with van der Waals surface area (Å²) in [6.45, 7) is 14.0. The van der Waals surface area contributed by atoms with Gasteiger partial charge in [-0.3, -0.25) is 0 Å². The van der Waals surface area contributed by atoms with Crippen molar-refractivity contribution in [3.63, 3.8) is 0 Å². The van der Waals surface area contributed by atoms with Gasteiger partial charge in [0.25, 0.3) is 0 Å². The van der Waals surface area contributed by atoms with Crippen LogP contribution in [0.4, 0.5) is 0 Å². The Bertz CT molecular complexity index is 3180. The molecule has 1 heteroatoms. The maximum atomic E-state index is 2.61. The Morgan fingerprint density at radius 1 is 0.317 bits per heavy atom. The van der Waals surface area contributed by atoms with Crippen molar-refractivity contribution in [1.29, 1.82) is 0 Å². The predicted molar refractivity (Wildman–Crippen MR) is 256 cm³/mol. The van der Waals surface area contributed by atoms with Crippen LogP contribution in [0, 0.1) is 41.5 Å². The number of aryl methyl sites for hydroxylation is 6. The number of hydrogen-bond acceptors (Lipinski definition) is 0. The van der Waals surface area contributed by atoms with Crippen molar-refractivity contribution >= 4 is 33.9 Å². The Labute approximate surface area is 354 Å². The van der Waals surface area contributed by atoms with E-state index in [0.29, 0.717) is 0 Å². The standard InChI is InChI=1S/C59H45B/c1-34-17-13-18-35(2)56(34)60(57-36(3)19-14-20-37(57)4)58-38(5)31-41(32-39(58)6)53-54-46-27-16-22-40-21-15-26-44(52(40)46)47(54)33-51-55(53)45-25-9-12-30-50(45)59(51)48-28-10-7-23-42(48)43-24-8-11-29-49(43)59/h7-33H,1-6H3. The van der Waals surface area contributed by atoms with Crippen molar-refractivity contribution in [1.82, 2.24) is 0 Å². The smallest absolute Gasteiger partial charge is 0.0629 e. The molecule has 0 aliphatic heterocycles. The van der Waals surface area contributed by atoms with Gasteiger partial charge in [-0.25, -0.2) is 0 Å². The van der Waals surface area contributed by atoms with Gasteiger partial charge in [0, 0.05) is 0 Å². The van der Waals surface area contributed by atoms with E-state index in [0.717, 1.165) is 0 Å². The maximum Gasteiger partial charge on any atom is 0.243 e. The summed E-state index contributed by atoms with van der Waals surface area (Å²) in [4.78, 5) is 0. The number of rotatable bonds is 4. The zero-order valence-corrected chi connectivity index (χ0v) is 35.2. The Hall–Kier alpha value is -6.70. The van der Waals surface area contributed by atoms with Crippen molar-refractivity contribution in [2.75, 3.05) is 0 Å². The molecule has 0 bridgehead atoms. The topological polar surface area (TPSA) is 0 Å². The fraction of sp³-hybridized carbons (Fsp3) is 0.119. The summed E-state index contributed by atoms with van der Waals surface area (Å²) < 4.78 is 0. The molecule has 12 rings (SSSR count). The molecule has 3 aliphatic rings. The van der Waals surface area contributed by atoms with Gasteiger partial charge in [0.2, 0.25) is 6.71 Å². The lowest BCUT2D eigenvalue weighted by molar-refractivity contribution is 0.794. The second kappa shape index (κ2) is 12.7. The summed E-state index contributed by atoms with van der Waals surface area (Å²) in [5.74, 6) is 0.